The van der Waals surface area contributed by atoms with Crippen LogP contribution in [0.15, 0.2) is 46.6 Å². The molecule has 1 fully saturated rings. The molecule has 0 spiro atoms. The number of non-ortho nitro benzene ring substituents is 1. The molecule has 1 N–H and O–H groups in total. The van der Waals surface area contributed by atoms with E-state index < -0.39 is 29.4 Å². The first-order valence-electron chi connectivity index (χ1n) is 8.96. The molecule has 12 heteroatoms. The minimum Gasteiger partial charge on any atom is -0.486 e. The molecule has 0 aromatic heterocycles. The predicted molar refractivity (Wildman–Crippen MR) is 117 cm³/mol. The summed E-state index contributed by atoms with van der Waals surface area (Å²) in [6, 6.07) is 8.33. The Morgan fingerprint density at radius 1 is 1.28 bits per heavy atom. The van der Waals surface area contributed by atoms with Crippen molar-refractivity contribution in [3.63, 3.8) is 0 Å². The highest BCUT2D eigenvalue weighted by atomic mass is 79.9. The van der Waals surface area contributed by atoms with E-state index in [9.17, 15) is 24.5 Å². The predicted octanol–water partition coefficient (Wildman–Crippen LogP) is 3.66. The number of esters is 1. The lowest BCUT2D eigenvalue weighted by Crippen LogP contribution is -2.36. The maximum Gasteiger partial charge on any atom is 0.329 e. The van der Waals surface area contributed by atoms with E-state index >= 15 is 0 Å². The van der Waals surface area contributed by atoms with Gasteiger partial charge < -0.3 is 14.8 Å². The first-order valence-corrected chi connectivity index (χ1v) is 10.1. The van der Waals surface area contributed by atoms with Gasteiger partial charge in [-0.05, 0) is 57.4 Å². The number of carbonyl (C=O) groups is 3. The number of hydrogen-bond acceptors (Lipinski definition) is 7. The van der Waals surface area contributed by atoms with Crippen LogP contribution in [-0.2, 0) is 20.9 Å². The molecular weight excluding hydrogens is 510 g/mol. The Morgan fingerprint density at radius 2 is 1.97 bits per heavy atom. The highest BCUT2D eigenvalue weighted by Crippen LogP contribution is 2.36. The molecule has 10 nitrogen and oxygen atoms in total. The van der Waals surface area contributed by atoms with Crippen LogP contribution in [0.4, 0.5) is 10.5 Å². The Hall–Kier alpha value is -3.44. The van der Waals surface area contributed by atoms with Crippen molar-refractivity contribution in [1.29, 1.82) is 0 Å². The van der Waals surface area contributed by atoms with Crippen molar-refractivity contribution >= 4 is 57.2 Å². The van der Waals surface area contributed by atoms with E-state index in [1.807, 2.05) is 0 Å². The summed E-state index contributed by atoms with van der Waals surface area (Å²) in [6.07, 6.45) is 1.41. The Morgan fingerprint density at radius 3 is 2.56 bits per heavy atom. The van der Waals surface area contributed by atoms with E-state index in [0.717, 1.165) is 12.0 Å². The van der Waals surface area contributed by atoms with Crippen LogP contribution >= 0.6 is 27.5 Å². The summed E-state index contributed by atoms with van der Waals surface area (Å²) in [6.45, 7) is -0.383. The quantitative estimate of drug-likeness (QED) is 0.192. The van der Waals surface area contributed by atoms with Crippen LogP contribution in [0.1, 0.15) is 11.1 Å². The summed E-state index contributed by atoms with van der Waals surface area (Å²) in [7, 11) is 1.16. The monoisotopic (exact) mass is 523 g/mol. The third-order valence-corrected chi connectivity index (χ3v) is 5.21. The van der Waals surface area contributed by atoms with Crippen LogP contribution in [-0.4, -0.2) is 41.4 Å². The highest BCUT2D eigenvalue weighted by molar-refractivity contribution is 9.10. The largest absolute Gasteiger partial charge is 0.486 e. The zero-order valence-electron chi connectivity index (χ0n) is 16.5. The number of nitro benzene ring substituents is 1. The average molecular weight is 525 g/mol. The van der Waals surface area contributed by atoms with Crippen molar-refractivity contribution in [1.82, 2.24) is 10.2 Å². The van der Waals surface area contributed by atoms with Crippen molar-refractivity contribution in [3.05, 3.63) is 72.8 Å². The molecule has 166 valence electrons. The minimum atomic E-state index is -0.736. The van der Waals surface area contributed by atoms with Gasteiger partial charge in [-0.15, -0.1) is 0 Å². The van der Waals surface area contributed by atoms with Crippen LogP contribution in [0, 0.1) is 10.1 Å². The molecule has 1 heterocycles. The summed E-state index contributed by atoms with van der Waals surface area (Å²) in [5.41, 5.74) is 1.15. The second-order valence-electron chi connectivity index (χ2n) is 6.48. The van der Waals surface area contributed by atoms with Gasteiger partial charge in [-0.25, -0.2) is 9.69 Å². The Kier molecular flexibility index (Phi) is 7.11. The third-order valence-electron chi connectivity index (χ3n) is 4.34. The number of imide groups is 1. The summed E-state index contributed by atoms with van der Waals surface area (Å²) in [5, 5.41) is 13.4. The zero-order valence-corrected chi connectivity index (χ0v) is 18.8. The van der Waals surface area contributed by atoms with Gasteiger partial charge in [-0.1, -0.05) is 11.6 Å². The fraction of sp³-hybridized carbons (Fsp3) is 0.150. The summed E-state index contributed by atoms with van der Waals surface area (Å²) >= 11 is 9.68. The van der Waals surface area contributed by atoms with Crippen LogP contribution in [0.3, 0.4) is 0 Å². The van der Waals surface area contributed by atoms with Crippen molar-refractivity contribution in [2.75, 3.05) is 13.7 Å². The van der Waals surface area contributed by atoms with Gasteiger partial charge in [0.05, 0.1) is 21.5 Å². The van der Waals surface area contributed by atoms with Crippen molar-refractivity contribution < 1.29 is 28.8 Å². The molecule has 0 aliphatic carbocycles. The van der Waals surface area contributed by atoms with Crippen molar-refractivity contribution in [3.8, 4) is 5.75 Å². The summed E-state index contributed by atoms with van der Waals surface area (Å²) in [5.74, 6) is -1.07. The number of nitro groups is 1. The standard InChI is InChI=1S/C20H15BrClN3O7/c1-31-17(26)9-24-19(27)16(23-20(24)28)8-12-6-14(21)18(15(22)7-12)32-10-11-2-4-13(5-3-11)25(29)30/h2-8H,9-10H2,1H3,(H,23,28)/b16-8+. The molecule has 0 atom stereocenters. The molecule has 2 aromatic rings. The Bertz CT molecular complexity index is 1110. The lowest BCUT2D eigenvalue weighted by atomic mass is 10.1. The molecular formula is C20H15BrClN3O7. The molecule has 3 rings (SSSR count). The Balaban J connectivity index is 1.74. The summed E-state index contributed by atoms with van der Waals surface area (Å²) in [4.78, 5) is 46.7. The third kappa shape index (κ3) is 5.24. The number of benzene rings is 2. The molecule has 3 amide bonds. The van der Waals surface area contributed by atoms with Crippen LogP contribution < -0.4 is 10.1 Å². The number of methoxy groups -OCH3 is 1. The number of nitrogens with zero attached hydrogens (tertiary/aromatic N) is 2. The molecule has 0 unspecified atom stereocenters. The lowest BCUT2D eigenvalue weighted by molar-refractivity contribution is -0.384. The smallest absolute Gasteiger partial charge is 0.329 e. The van der Waals surface area contributed by atoms with Gasteiger partial charge in [-0.3, -0.25) is 19.7 Å². The number of carbonyl (C=O) groups excluding carboxylic acids is 3. The topological polar surface area (TPSA) is 128 Å². The zero-order chi connectivity index (χ0) is 23.4. The van der Waals surface area contributed by atoms with Gasteiger partial charge in [0, 0.05) is 12.1 Å². The molecule has 0 saturated carbocycles. The van der Waals surface area contributed by atoms with Crippen LogP contribution in [0.5, 0.6) is 5.75 Å². The maximum absolute atomic E-state index is 12.4. The number of urea groups is 1. The molecule has 1 saturated heterocycles. The second-order valence-corrected chi connectivity index (χ2v) is 7.74. The van der Waals surface area contributed by atoms with Gasteiger partial charge in [-0.2, -0.15) is 0 Å². The molecule has 1 aliphatic heterocycles. The van der Waals surface area contributed by atoms with Crippen LogP contribution in [0.2, 0.25) is 5.02 Å². The number of nitrogens with one attached hydrogen (secondary N) is 1. The van der Waals surface area contributed by atoms with E-state index in [4.69, 9.17) is 16.3 Å². The first-order chi connectivity index (χ1) is 15.2. The number of hydrogen-bond donors (Lipinski definition) is 1. The molecule has 32 heavy (non-hydrogen) atoms. The van der Waals surface area contributed by atoms with Gasteiger partial charge in [0.25, 0.3) is 11.6 Å². The molecule has 0 bridgehead atoms. The number of halogens is 2. The summed E-state index contributed by atoms with van der Waals surface area (Å²) < 4.78 is 10.7. The average Bonchev–Trinajstić information content (AvgIpc) is 3.00. The van der Waals surface area contributed by atoms with Crippen molar-refractivity contribution in [2.45, 2.75) is 6.61 Å². The molecule has 0 radical (unpaired) electrons. The van der Waals surface area contributed by atoms with Gasteiger partial charge >= 0.3 is 12.0 Å². The second kappa shape index (κ2) is 9.79. The number of ether oxygens (including phenoxy) is 2. The highest BCUT2D eigenvalue weighted by Gasteiger charge is 2.35. The molecule has 2 aromatic carbocycles. The van der Waals surface area contributed by atoms with Gasteiger partial charge in [0.1, 0.15) is 18.8 Å². The number of rotatable bonds is 7. The first kappa shape index (κ1) is 23.2. The van der Waals surface area contributed by atoms with E-state index in [1.54, 1.807) is 18.2 Å². The number of amides is 3. The van der Waals surface area contributed by atoms with E-state index in [1.165, 1.54) is 24.3 Å². The fourth-order valence-electron chi connectivity index (χ4n) is 2.75. The van der Waals surface area contributed by atoms with E-state index in [-0.39, 0.29) is 23.0 Å². The van der Waals surface area contributed by atoms with Crippen LogP contribution in [0.25, 0.3) is 6.08 Å². The fourth-order valence-corrected chi connectivity index (χ4v) is 3.73. The maximum atomic E-state index is 12.4. The van der Waals surface area contributed by atoms with Gasteiger partial charge in [0.2, 0.25) is 0 Å². The lowest BCUT2D eigenvalue weighted by Gasteiger charge is -2.11. The SMILES string of the molecule is COC(=O)CN1C(=O)N/C(=C/c2cc(Cl)c(OCc3ccc([N+](=O)[O-])cc3)c(Br)c2)C1=O. The van der Waals surface area contributed by atoms with E-state index in [0.29, 0.717) is 21.3 Å². The van der Waals surface area contributed by atoms with Crippen molar-refractivity contribution in [2.24, 2.45) is 0 Å². The normalized spacial score (nSPS) is 14.5. The van der Waals surface area contributed by atoms with E-state index in [2.05, 4.69) is 26.0 Å². The molecule has 1 aliphatic rings. The Labute approximate surface area is 195 Å². The minimum absolute atomic E-state index is 0.0240. The van der Waals surface area contributed by atoms with Gasteiger partial charge in [0.15, 0.2) is 5.75 Å².